The molecule has 0 fully saturated rings. The van der Waals surface area contributed by atoms with Gasteiger partial charge in [0.2, 0.25) is 0 Å². The van der Waals surface area contributed by atoms with Crippen LogP contribution in [0.3, 0.4) is 0 Å². The largest absolute Gasteiger partial charge is 0.207 e. The van der Waals surface area contributed by atoms with Gasteiger partial charge in [0, 0.05) is 0 Å². The van der Waals surface area contributed by atoms with E-state index >= 15 is 0 Å². The van der Waals surface area contributed by atoms with E-state index in [2.05, 4.69) is 30.4 Å². The van der Waals surface area contributed by atoms with Crippen LogP contribution in [-0.2, 0) is 6.42 Å². The molecule has 0 heterocycles. The third kappa shape index (κ3) is 3.20. The number of hydrogen-bond acceptors (Lipinski definition) is 0. The fourth-order valence-corrected chi connectivity index (χ4v) is 1.76. The quantitative estimate of drug-likeness (QED) is 0.692. The molecule has 1 aliphatic carbocycles. The molecule has 0 saturated heterocycles. The molecule has 0 unspecified atom stereocenters. The number of benzene rings is 1. The maximum Gasteiger partial charge on any atom is 0.123 e. The van der Waals surface area contributed by atoms with E-state index in [9.17, 15) is 4.39 Å². The minimum Gasteiger partial charge on any atom is -0.207 e. The lowest BCUT2D eigenvalue weighted by molar-refractivity contribution is 0.627. The highest BCUT2D eigenvalue weighted by molar-refractivity contribution is 5.30. The van der Waals surface area contributed by atoms with Crippen molar-refractivity contribution in [3.63, 3.8) is 0 Å². The Bertz CT molecular complexity index is 421. The van der Waals surface area contributed by atoms with Crippen molar-refractivity contribution < 1.29 is 4.39 Å². The summed E-state index contributed by atoms with van der Waals surface area (Å²) < 4.78 is 12.7. The Labute approximate surface area is 95.8 Å². The predicted molar refractivity (Wildman–Crippen MR) is 65.7 cm³/mol. The van der Waals surface area contributed by atoms with Crippen molar-refractivity contribution in [3.8, 4) is 0 Å². The van der Waals surface area contributed by atoms with E-state index in [-0.39, 0.29) is 5.82 Å². The Hall–Kier alpha value is -1.63. The number of allylic oxidation sites excluding steroid dienone is 6. The topological polar surface area (TPSA) is 0 Å². The Morgan fingerprint density at radius 2 is 1.81 bits per heavy atom. The van der Waals surface area contributed by atoms with Gasteiger partial charge in [0.05, 0.1) is 0 Å². The summed E-state index contributed by atoms with van der Waals surface area (Å²) in [4.78, 5) is 0. The van der Waals surface area contributed by atoms with Crippen LogP contribution < -0.4 is 0 Å². The van der Waals surface area contributed by atoms with Crippen LogP contribution in [0.15, 0.2) is 60.2 Å². The van der Waals surface area contributed by atoms with E-state index in [4.69, 9.17) is 0 Å². The monoisotopic (exact) mass is 214 g/mol. The molecule has 0 amide bonds. The molecule has 16 heavy (non-hydrogen) atoms. The molecule has 0 N–H and O–H groups in total. The summed E-state index contributed by atoms with van der Waals surface area (Å²) in [6.45, 7) is 0. The summed E-state index contributed by atoms with van der Waals surface area (Å²) in [6, 6.07) is 6.72. The highest BCUT2D eigenvalue weighted by Crippen LogP contribution is 2.13. The van der Waals surface area contributed by atoms with Gasteiger partial charge in [0.15, 0.2) is 0 Å². The minimum atomic E-state index is -0.172. The van der Waals surface area contributed by atoms with E-state index in [0.29, 0.717) is 0 Å². The maximum atomic E-state index is 12.7. The lowest BCUT2D eigenvalue weighted by Crippen LogP contribution is -1.89. The van der Waals surface area contributed by atoms with Gasteiger partial charge in [-0.15, -0.1) is 0 Å². The van der Waals surface area contributed by atoms with Crippen molar-refractivity contribution >= 4 is 0 Å². The van der Waals surface area contributed by atoms with Crippen LogP contribution in [0.1, 0.15) is 18.4 Å². The van der Waals surface area contributed by atoms with Crippen molar-refractivity contribution in [1.82, 2.24) is 0 Å². The van der Waals surface area contributed by atoms with Crippen LogP contribution >= 0.6 is 0 Å². The molecule has 0 radical (unpaired) electrons. The second-order valence-corrected chi connectivity index (χ2v) is 3.95. The molecule has 1 heteroatoms. The fraction of sp³-hybridized carbons (Fsp3) is 0.200. The molecule has 1 aromatic rings. The van der Waals surface area contributed by atoms with Gasteiger partial charge in [-0.1, -0.05) is 42.5 Å². The molecule has 1 aliphatic rings. The fourth-order valence-electron chi connectivity index (χ4n) is 1.76. The average molecular weight is 214 g/mol. The zero-order valence-electron chi connectivity index (χ0n) is 9.20. The first-order valence-corrected chi connectivity index (χ1v) is 5.61. The summed E-state index contributed by atoms with van der Waals surface area (Å²) in [5.41, 5.74) is 2.46. The molecule has 82 valence electrons. The van der Waals surface area contributed by atoms with E-state index in [0.717, 1.165) is 24.8 Å². The standard InChI is InChI=1S/C15H15F/c16-15-10-8-14(9-11-15)12-13-6-4-2-1-3-5-7-13/h1-2,4,6-11H,3,5,12H2/b2-1+,6-4-,13-7+. The van der Waals surface area contributed by atoms with E-state index < -0.39 is 0 Å². The van der Waals surface area contributed by atoms with Crippen molar-refractivity contribution in [1.29, 1.82) is 0 Å². The Balaban J connectivity index is 2.08. The summed E-state index contributed by atoms with van der Waals surface area (Å²) in [5.74, 6) is -0.172. The van der Waals surface area contributed by atoms with Gasteiger partial charge in [0.25, 0.3) is 0 Å². The van der Waals surface area contributed by atoms with Crippen LogP contribution in [0, 0.1) is 5.82 Å². The first kappa shape index (κ1) is 10.9. The molecule has 0 bridgehead atoms. The van der Waals surface area contributed by atoms with Crippen LogP contribution in [0.4, 0.5) is 4.39 Å². The van der Waals surface area contributed by atoms with Gasteiger partial charge in [-0.3, -0.25) is 0 Å². The smallest absolute Gasteiger partial charge is 0.123 e. The van der Waals surface area contributed by atoms with E-state index in [1.165, 1.54) is 17.7 Å². The molecule has 2 rings (SSSR count). The van der Waals surface area contributed by atoms with Crippen LogP contribution in [-0.4, -0.2) is 0 Å². The molecule has 0 atom stereocenters. The summed E-state index contributed by atoms with van der Waals surface area (Å²) in [6.07, 6.45) is 13.7. The normalized spacial score (nSPS) is 22.7. The van der Waals surface area contributed by atoms with Gasteiger partial charge in [-0.25, -0.2) is 4.39 Å². The molecule has 0 aliphatic heterocycles. The van der Waals surface area contributed by atoms with Crippen molar-refractivity contribution in [2.24, 2.45) is 0 Å². The molecule has 0 nitrogen and oxygen atoms in total. The van der Waals surface area contributed by atoms with Gasteiger partial charge in [-0.2, -0.15) is 0 Å². The second kappa shape index (κ2) is 5.45. The van der Waals surface area contributed by atoms with Gasteiger partial charge in [0.1, 0.15) is 5.82 Å². The highest BCUT2D eigenvalue weighted by Gasteiger charge is 1.98. The Morgan fingerprint density at radius 3 is 2.62 bits per heavy atom. The van der Waals surface area contributed by atoms with Crippen molar-refractivity contribution in [2.75, 3.05) is 0 Å². The van der Waals surface area contributed by atoms with Crippen LogP contribution in [0.25, 0.3) is 0 Å². The lowest BCUT2D eigenvalue weighted by atomic mass is 10.0. The SMILES string of the molecule is Fc1ccc(CC2=C/CC/C=C/C=C\2)cc1. The first-order valence-electron chi connectivity index (χ1n) is 5.61. The number of rotatable bonds is 2. The maximum absolute atomic E-state index is 12.7. The third-order valence-corrected chi connectivity index (χ3v) is 2.62. The zero-order chi connectivity index (χ0) is 11.2. The third-order valence-electron chi connectivity index (χ3n) is 2.62. The first-order chi connectivity index (χ1) is 7.84. The Morgan fingerprint density at radius 1 is 1.00 bits per heavy atom. The van der Waals surface area contributed by atoms with E-state index in [1.807, 2.05) is 12.1 Å². The van der Waals surface area contributed by atoms with Gasteiger partial charge < -0.3 is 0 Å². The summed E-state index contributed by atoms with van der Waals surface area (Å²) in [5, 5.41) is 0. The molecular formula is C15H15F. The minimum absolute atomic E-state index is 0.172. The van der Waals surface area contributed by atoms with Gasteiger partial charge >= 0.3 is 0 Å². The predicted octanol–water partition coefficient (Wildman–Crippen LogP) is 4.20. The molecule has 0 spiro atoms. The number of halogens is 1. The second-order valence-electron chi connectivity index (χ2n) is 3.95. The molecule has 1 aromatic carbocycles. The molecule has 0 aromatic heterocycles. The van der Waals surface area contributed by atoms with Crippen LogP contribution in [0.2, 0.25) is 0 Å². The summed E-state index contributed by atoms with van der Waals surface area (Å²) >= 11 is 0. The van der Waals surface area contributed by atoms with Crippen molar-refractivity contribution in [2.45, 2.75) is 19.3 Å². The molecular weight excluding hydrogens is 199 g/mol. The highest BCUT2D eigenvalue weighted by atomic mass is 19.1. The lowest BCUT2D eigenvalue weighted by Gasteiger charge is -2.04. The van der Waals surface area contributed by atoms with E-state index in [1.54, 1.807) is 0 Å². The summed E-state index contributed by atoms with van der Waals surface area (Å²) in [7, 11) is 0. The van der Waals surface area contributed by atoms with Gasteiger partial charge in [-0.05, 0) is 42.5 Å². The average Bonchev–Trinajstić information content (AvgIpc) is 2.25. The van der Waals surface area contributed by atoms with Crippen LogP contribution in [0.5, 0.6) is 0 Å². The zero-order valence-corrected chi connectivity index (χ0v) is 9.20. The number of hydrogen-bond donors (Lipinski definition) is 0. The Kier molecular flexibility index (Phi) is 3.71. The van der Waals surface area contributed by atoms with Crippen molar-refractivity contribution in [3.05, 3.63) is 71.6 Å². The molecule has 0 saturated carbocycles.